The van der Waals surface area contributed by atoms with Crippen molar-refractivity contribution in [1.82, 2.24) is 30.2 Å². The number of benzene rings is 2. The molecule has 0 saturated heterocycles. The van der Waals surface area contributed by atoms with Crippen molar-refractivity contribution in [3.8, 4) is 33.8 Å². The van der Waals surface area contributed by atoms with Crippen LogP contribution in [0.1, 0.15) is 43.8 Å². The van der Waals surface area contributed by atoms with Gasteiger partial charge in [0.05, 0.1) is 11.3 Å². The van der Waals surface area contributed by atoms with E-state index in [0.29, 0.717) is 18.1 Å². The van der Waals surface area contributed by atoms with Crippen molar-refractivity contribution in [3.05, 3.63) is 95.3 Å². The molecule has 0 spiro atoms. The smallest absolute Gasteiger partial charge is 0.224 e. The number of hydrogen-bond acceptors (Lipinski definition) is 5. The van der Waals surface area contributed by atoms with Gasteiger partial charge in [-0.3, -0.25) is 0 Å². The van der Waals surface area contributed by atoms with Gasteiger partial charge in [0.2, 0.25) is 5.69 Å². The van der Waals surface area contributed by atoms with Crippen molar-refractivity contribution in [3.63, 3.8) is 0 Å². The van der Waals surface area contributed by atoms with E-state index in [4.69, 9.17) is 4.98 Å². The molecule has 0 amide bonds. The highest BCUT2D eigenvalue weighted by molar-refractivity contribution is 5.89. The molecule has 3 heterocycles. The molecule has 0 fully saturated rings. The van der Waals surface area contributed by atoms with Crippen molar-refractivity contribution >= 4 is 0 Å². The zero-order valence-electron chi connectivity index (χ0n) is 20.6. The number of aromatic nitrogens is 7. The number of nitrogens with zero attached hydrogens (tertiary/aromatic N) is 6. The second kappa shape index (κ2) is 10.5. The van der Waals surface area contributed by atoms with Crippen LogP contribution < -0.4 is 4.73 Å². The predicted octanol–water partition coefficient (Wildman–Crippen LogP) is 4.98. The number of pyridine rings is 1. The average Bonchev–Trinajstić information content (AvgIpc) is 3.58. The minimum absolute atomic E-state index is 0.578. The zero-order valence-corrected chi connectivity index (χ0v) is 20.6. The molecule has 36 heavy (non-hydrogen) atoms. The van der Waals surface area contributed by atoms with E-state index in [1.54, 1.807) is 6.07 Å². The highest BCUT2D eigenvalue weighted by Gasteiger charge is 2.19. The lowest BCUT2D eigenvalue weighted by Crippen LogP contribution is -2.28. The van der Waals surface area contributed by atoms with Gasteiger partial charge in [0.25, 0.3) is 0 Å². The van der Waals surface area contributed by atoms with Crippen LogP contribution >= 0.6 is 0 Å². The normalized spacial score (nSPS) is 11.2. The molecule has 0 aliphatic heterocycles. The fraction of sp³-hybridized carbons (Fsp3) is 0.250. The Labute approximate surface area is 210 Å². The molecular formula is C28H29N7O. The number of hydrogen-bond donors (Lipinski definition) is 1. The second-order valence-corrected chi connectivity index (χ2v) is 8.82. The van der Waals surface area contributed by atoms with Crippen LogP contribution in [0.3, 0.4) is 0 Å². The number of tetrazole rings is 1. The first-order chi connectivity index (χ1) is 17.7. The molecule has 3 aromatic heterocycles. The van der Waals surface area contributed by atoms with E-state index < -0.39 is 0 Å². The molecule has 5 rings (SSSR count). The lowest BCUT2D eigenvalue weighted by Gasteiger charge is -2.15. The first kappa shape index (κ1) is 23.4. The number of aryl methyl sites for hydroxylation is 2. The van der Waals surface area contributed by atoms with Crippen LogP contribution in [0.5, 0.6) is 0 Å². The molecule has 5 aromatic rings. The van der Waals surface area contributed by atoms with Crippen LogP contribution in [-0.4, -0.2) is 30.2 Å². The Morgan fingerprint density at radius 3 is 2.50 bits per heavy atom. The average molecular weight is 480 g/mol. The summed E-state index contributed by atoms with van der Waals surface area (Å²) in [6, 6.07) is 19.7. The fourth-order valence-electron chi connectivity index (χ4n) is 4.52. The van der Waals surface area contributed by atoms with E-state index in [1.807, 2.05) is 36.4 Å². The number of unbranched alkanes of at least 4 members (excludes halogenated alkanes) is 1. The molecule has 1 N–H and O–H groups in total. The van der Waals surface area contributed by atoms with Crippen LogP contribution in [0.2, 0.25) is 0 Å². The standard InChI is InChI=1S/C28H29N7O/c1-3-5-13-27-29-21(4-2)19-34(27)18-20-14-15-23(25(17-20)26-12-8-9-16-35(26)36)22-10-6-7-11-24(22)28-30-32-33-31-28/h6-12,14-17,19H,3-5,13,18H2,1-2H3,(H,30,31,32,33). The summed E-state index contributed by atoms with van der Waals surface area (Å²) >= 11 is 0. The Morgan fingerprint density at radius 2 is 1.75 bits per heavy atom. The van der Waals surface area contributed by atoms with E-state index in [9.17, 15) is 5.21 Å². The SMILES string of the molecule is CCCCc1nc(CC)cn1Cc1ccc(-c2ccccc2-c2nnn[nH]2)c(-c2cccc[n+]2[O-])c1. The Hall–Kier alpha value is -4.33. The third-order valence-corrected chi connectivity index (χ3v) is 6.38. The van der Waals surface area contributed by atoms with E-state index in [-0.39, 0.29) is 0 Å². The summed E-state index contributed by atoms with van der Waals surface area (Å²) in [4.78, 5) is 4.85. The molecule has 0 saturated carbocycles. The van der Waals surface area contributed by atoms with E-state index in [0.717, 1.165) is 69.7 Å². The summed E-state index contributed by atoms with van der Waals surface area (Å²) in [7, 11) is 0. The first-order valence-electron chi connectivity index (χ1n) is 12.4. The number of aromatic amines is 1. The van der Waals surface area contributed by atoms with E-state index in [2.05, 4.69) is 63.4 Å². The van der Waals surface area contributed by atoms with Gasteiger partial charge in [-0.1, -0.05) is 56.7 Å². The quantitative estimate of drug-likeness (QED) is 0.237. The minimum atomic E-state index is 0.578. The summed E-state index contributed by atoms with van der Waals surface area (Å²) in [5.41, 5.74) is 6.41. The van der Waals surface area contributed by atoms with Gasteiger partial charge in [-0.2, -0.15) is 4.73 Å². The Bertz CT molecular complexity index is 1460. The van der Waals surface area contributed by atoms with Crippen LogP contribution in [0.15, 0.2) is 73.1 Å². The lowest BCUT2D eigenvalue weighted by molar-refractivity contribution is -0.593. The zero-order chi connectivity index (χ0) is 24.9. The molecule has 0 radical (unpaired) electrons. The van der Waals surface area contributed by atoms with Gasteiger partial charge in [0.1, 0.15) is 5.82 Å². The summed E-state index contributed by atoms with van der Waals surface area (Å²) in [6.07, 6.45) is 7.79. The molecule has 0 bridgehead atoms. The summed E-state index contributed by atoms with van der Waals surface area (Å²) in [5, 5.41) is 27.3. The number of imidazole rings is 1. The third kappa shape index (κ3) is 4.75. The van der Waals surface area contributed by atoms with E-state index in [1.165, 1.54) is 6.20 Å². The van der Waals surface area contributed by atoms with Gasteiger partial charge >= 0.3 is 0 Å². The summed E-state index contributed by atoms with van der Waals surface area (Å²) < 4.78 is 3.16. The maximum Gasteiger partial charge on any atom is 0.224 e. The molecule has 0 aliphatic rings. The van der Waals surface area contributed by atoms with Gasteiger partial charge < -0.3 is 9.77 Å². The van der Waals surface area contributed by atoms with Gasteiger partial charge in [-0.25, -0.2) is 10.1 Å². The summed E-state index contributed by atoms with van der Waals surface area (Å²) in [6.45, 7) is 5.02. The van der Waals surface area contributed by atoms with Crippen LogP contribution in [0.4, 0.5) is 0 Å². The minimum Gasteiger partial charge on any atom is -0.618 e. The largest absolute Gasteiger partial charge is 0.618 e. The van der Waals surface area contributed by atoms with Gasteiger partial charge in [0, 0.05) is 36.9 Å². The van der Waals surface area contributed by atoms with Crippen molar-refractivity contribution in [1.29, 1.82) is 0 Å². The number of H-pyrrole nitrogens is 1. The fourth-order valence-corrected chi connectivity index (χ4v) is 4.52. The molecule has 2 aromatic carbocycles. The third-order valence-electron chi connectivity index (χ3n) is 6.38. The van der Waals surface area contributed by atoms with Gasteiger partial charge in [-0.05, 0) is 52.1 Å². The Balaban J connectivity index is 1.62. The molecule has 182 valence electrons. The number of rotatable bonds is 9. The van der Waals surface area contributed by atoms with Crippen molar-refractivity contribution < 1.29 is 4.73 Å². The topological polar surface area (TPSA) is 99.2 Å². The van der Waals surface area contributed by atoms with Gasteiger partial charge in [0.15, 0.2) is 12.0 Å². The van der Waals surface area contributed by atoms with Crippen LogP contribution in [-0.2, 0) is 19.4 Å². The van der Waals surface area contributed by atoms with Crippen molar-refractivity contribution in [2.24, 2.45) is 0 Å². The van der Waals surface area contributed by atoms with Crippen molar-refractivity contribution in [2.45, 2.75) is 46.1 Å². The highest BCUT2D eigenvalue weighted by Crippen LogP contribution is 2.36. The molecule has 0 atom stereocenters. The van der Waals surface area contributed by atoms with Crippen molar-refractivity contribution in [2.75, 3.05) is 0 Å². The Kier molecular flexibility index (Phi) is 6.84. The van der Waals surface area contributed by atoms with E-state index >= 15 is 0 Å². The summed E-state index contributed by atoms with van der Waals surface area (Å²) in [5.74, 6) is 1.69. The maximum atomic E-state index is 12.9. The van der Waals surface area contributed by atoms with Crippen LogP contribution in [0.25, 0.3) is 33.8 Å². The van der Waals surface area contributed by atoms with Crippen LogP contribution in [0, 0.1) is 5.21 Å². The monoisotopic (exact) mass is 479 g/mol. The second-order valence-electron chi connectivity index (χ2n) is 8.82. The number of nitrogens with one attached hydrogen (secondary N) is 1. The highest BCUT2D eigenvalue weighted by atomic mass is 16.5. The molecule has 8 nitrogen and oxygen atoms in total. The molecule has 0 aliphatic carbocycles. The molecular weight excluding hydrogens is 450 g/mol. The first-order valence-corrected chi connectivity index (χ1v) is 12.4. The maximum absolute atomic E-state index is 12.9. The molecule has 8 heteroatoms. The van der Waals surface area contributed by atoms with Gasteiger partial charge in [-0.15, -0.1) is 5.10 Å². The predicted molar refractivity (Wildman–Crippen MR) is 139 cm³/mol. The lowest BCUT2D eigenvalue weighted by atomic mass is 9.92. The molecule has 0 unspecified atom stereocenters. The Morgan fingerprint density at radius 1 is 0.944 bits per heavy atom.